The molecule has 2 N–H and O–H groups in total. The van der Waals surface area contributed by atoms with Crippen LogP contribution in [0.2, 0.25) is 0 Å². The van der Waals surface area contributed by atoms with Gasteiger partial charge in [0.05, 0.1) is 26.6 Å². The first kappa shape index (κ1) is 18.5. The van der Waals surface area contributed by atoms with E-state index in [9.17, 15) is 4.79 Å². The number of rotatable bonds is 7. The largest absolute Gasteiger partial charge is 0.497 e. The van der Waals surface area contributed by atoms with Gasteiger partial charge in [-0.05, 0) is 42.5 Å². The lowest BCUT2D eigenvalue weighted by Gasteiger charge is -2.24. The van der Waals surface area contributed by atoms with Crippen LogP contribution in [0.4, 0.5) is 0 Å². The first-order valence-electron chi connectivity index (χ1n) is 9.54. The molecule has 1 aliphatic rings. The summed E-state index contributed by atoms with van der Waals surface area (Å²) in [6.07, 6.45) is 4.42. The van der Waals surface area contributed by atoms with Crippen molar-refractivity contribution in [3.05, 3.63) is 65.2 Å². The molecule has 4 heteroatoms. The van der Waals surface area contributed by atoms with Crippen LogP contribution in [0.15, 0.2) is 48.5 Å². The van der Waals surface area contributed by atoms with Gasteiger partial charge in [-0.3, -0.25) is 4.79 Å². The molecule has 0 aromatic heterocycles. The number of methoxy groups -OCH3 is 1. The molecule has 138 valence electrons. The molecule has 1 heterocycles. The zero-order chi connectivity index (χ0) is 18.2. The maximum absolute atomic E-state index is 12.3. The van der Waals surface area contributed by atoms with Crippen molar-refractivity contribution in [2.45, 2.75) is 38.8 Å². The number of ether oxygens (including phenoxy) is 1. The van der Waals surface area contributed by atoms with E-state index in [-0.39, 0.29) is 5.91 Å². The minimum absolute atomic E-state index is 0.0512. The number of carbonyl (C=O) groups excluding carboxylic acids is 1. The predicted octanol–water partition coefficient (Wildman–Crippen LogP) is 2.12. The molecule has 0 radical (unpaired) electrons. The maximum Gasteiger partial charge on any atom is 0.224 e. The van der Waals surface area contributed by atoms with Crippen molar-refractivity contribution in [1.29, 1.82) is 0 Å². The topological polar surface area (TPSA) is 42.8 Å². The molecular weight excluding hydrogens is 324 g/mol. The van der Waals surface area contributed by atoms with Crippen molar-refractivity contribution in [3.63, 3.8) is 0 Å². The first-order chi connectivity index (χ1) is 12.7. The molecule has 4 nitrogen and oxygen atoms in total. The van der Waals surface area contributed by atoms with E-state index in [1.54, 1.807) is 12.0 Å². The maximum atomic E-state index is 12.3. The minimum Gasteiger partial charge on any atom is -0.497 e. The third-order valence-electron chi connectivity index (χ3n) is 5.12. The summed E-state index contributed by atoms with van der Waals surface area (Å²) in [6, 6.07) is 16.1. The summed E-state index contributed by atoms with van der Waals surface area (Å²) in [4.78, 5) is 14.0. The summed E-state index contributed by atoms with van der Waals surface area (Å²) < 4.78 is 5.15. The van der Waals surface area contributed by atoms with Crippen molar-refractivity contribution in [2.75, 3.05) is 20.2 Å². The number of hydrogen-bond donors (Lipinski definition) is 2. The molecule has 0 spiro atoms. The van der Waals surface area contributed by atoms with Crippen LogP contribution < -0.4 is 15.0 Å². The number of benzene rings is 2. The molecule has 0 bridgehead atoms. The highest BCUT2D eigenvalue weighted by atomic mass is 16.5. The van der Waals surface area contributed by atoms with Crippen molar-refractivity contribution >= 4 is 5.91 Å². The van der Waals surface area contributed by atoms with Gasteiger partial charge < -0.3 is 15.0 Å². The fourth-order valence-electron chi connectivity index (χ4n) is 3.59. The van der Waals surface area contributed by atoms with E-state index in [0.29, 0.717) is 13.0 Å². The van der Waals surface area contributed by atoms with E-state index >= 15 is 0 Å². The van der Waals surface area contributed by atoms with Crippen molar-refractivity contribution in [2.24, 2.45) is 0 Å². The van der Waals surface area contributed by atoms with Crippen molar-refractivity contribution < 1.29 is 14.4 Å². The van der Waals surface area contributed by atoms with Gasteiger partial charge in [0.2, 0.25) is 5.91 Å². The number of likely N-dealkylation sites (tertiary alicyclic amines) is 1. The monoisotopic (exact) mass is 353 g/mol. The first-order valence-corrected chi connectivity index (χ1v) is 9.54. The van der Waals surface area contributed by atoms with Crippen LogP contribution in [0.5, 0.6) is 5.75 Å². The molecule has 0 saturated carbocycles. The zero-order valence-corrected chi connectivity index (χ0v) is 15.6. The fraction of sp³-hybridized carbons (Fsp3) is 0.409. The Balaban J connectivity index is 1.54. The second-order valence-electron chi connectivity index (χ2n) is 7.06. The summed E-state index contributed by atoms with van der Waals surface area (Å²) in [7, 11) is 1.64. The highest BCUT2D eigenvalue weighted by Crippen LogP contribution is 2.12. The number of carbonyl (C=O) groups is 1. The second kappa shape index (κ2) is 9.39. The molecule has 0 atom stereocenters. The van der Waals surface area contributed by atoms with Crippen molar-refractivity contribution in [1.82, 2.24) is 5.32 Å². The average Bonchev–Trinajstić information content (AvgIpc) is 2.69. The number of nitrogens with one attached hydrogen (secondary N) is 2. The van der Waals surface area contributed by atoms with E-state index in [4.69, 9.17) is 4.74 Å². The lowest BCUT2D eigenvalue weighted by molar-refractivity contribution is -0.918. The van der Waals surface area contributed by atoms with Gasteiger partial charge >= 0.3 is 0 Å². The Morgan fingerprint density at radius 3 is 2.38 bits per heavy atom. The third-order valence-corrected chi connectivity index (χ3v) is 5.12. The minimum atomic E-state index is 0.0512. The lowest BCUT2D eigenvalue weighted by Crippen LogP contribution is -3.11. The quantitative estimate of drug-likeness (QED) is 0.801. The average molecular weight is 353 g/mol. The SMILES string of the molecule is COc1ccc(CC(=O)NCc2ccccc2C[NH+]2CCCCC2)cc1. The van der Waals surface area contributed by atoms with Gasteiger partial charge in [-0.1, -0.05) is 36.4 Å². The molecule has 2 aromatic carbocycles. The standard InChI is InChI=1S/C22H28N2O2/c1-26-21-11-9-18(10-12-21)15-22(25)23-16-19-7-3-4-8-20(19)17-24-13-5-2-6-14-24/h3-4,7-12H,2,5-6,13-17H2,1H3,(H,23,25)/p+1. The third kappa shape index (κ3) is 5.33. The summed E-state index contributed by atoms with van der Waals surface area (Å²) in [5.74, 6) is 0.860. The van der Waals surface area contributed by atoms with E-state index < -0.39 is 0 Å². The molecule has 1 saturated heterocycles. The molecular formula is C22H29N2O2+. The molecule has 26 heavy (non-hydrogen) atoms. The fourth-order valence-corrected chi connectivity index (χ4v) is 3.59. The number of amides is 1. The Bertz CT molecular complexity index is 706. The second-order valence-corrected chi connectivity index (χ2v) is 7.06. The van der Waals surface area contributed by atoms with Gasteiger partial charge in [-0.25, -0.2) is 0 Å². The van der Waals surface area contributed by atoms with E-state index in [0.717, 1.165) is 17.9 Å². The van der Waals surface area contributed by atoms with Crippen LogP contribution in [0.25, 0.3) is 0 Å². The summed E-state index contributed by atoms with van der Waals surface area (Å²) in [6.45, 7) is 4.18. The van der Waals surface area contributed by atoms with Crippen LogP contribution in [0, 0.1) is 0 Å². The van der Waals surface area contributed by atoms with Crippen LogP contribution in [0.3, 0.4) is 0 Å². The number of hydrogen-bond acceptors (Lipinski definition) is 2. The molecule has 0 unspecified atom stereocenters. The van der Waals surface area contributed by atoms with Gasteiger partial charge in [-0.15, -0.1) is 0 Å². The summed E-state index contributed by atoms with van der Waals surface area (Å²) in [5.41, 5.74) is 3.58. The van der Waals surface area contributed by atoms with Gasteiger partial charge in [0.25, 0.3) is 0 Å². The van der Waals surface area contributed by atoms with E-state index in [2.05, 4.69) is 29.6 Å². The van der Waals surface area contributed by atoms with Crippen LogP contribution in [-0.4, -0.2) is 26.1 Å². The molecule has 2 aromatic rings. The number of quaternary nitrogens is 1. The highest BCUT2D eigenvalue weighted by Gasteiger charge is 2.15. The van der Waals surface area contributed by atoms with Gasteiger partial charge in [-0.2, -0.15) is 0 Å². The normalized spacial score (nSPS) is 14.8. The predicted molar refractivity (Wildman–Crippen MR) is 103 cm³/mol. The van der Waals surface area contributed by atoms with Gasteiger partial charge in [0.15, 0.2) is 0 Å². The Hall–Kier alpha value is -2.33. The smallest absolute Gasteiger partial charge is 0.224 e. The zero-order valence-electron chi connectivity index (χ0n) is 15.6. The molecule has 3 rings (SSSR count). The highest BCUT2D eigenvalue weighted by molar-refractivity contribution is 5.78. The van der Waals surface area contributed by atoms with Gasteiger partial charge in [0.1, 0.15) is 12.3 Å². The molecule has 1 amide bonds. The van der Waals surface area contributed by atoms with Crippen molar-refractivity contribution in [3.8, 4) is 5.75 Å². The Labute approximate surface area is 156 Å². The Kier molecular flexibility index (Phi) is 6.67. The molecule has 1 fully saturated rings. The van der Waals surface area contributed by atoms with Gasteiger partial charge in [0, 0.05) is 12.1 Å². The summed E-state index contributed by atoms with van der Waals surface area (Å²) in [5, 5.41) is 3.07. The number of piperidine rings is 1. The lowest BCUT2D eigenvalue weighted by atomic mass is 10.0. The van der Waals surface area contributed by atoms with E-state index in [1.165, 1.54) is 43.5 Å². The van der Waals surface area contributed by atoms with Crippen LogP contribution in [-0.2, 0) is 24.3 Å². The Morgan fingerprint density at radius 1 is 1.00 bits per heavy atom. The molecule has 1 aliphatic heterocycles. The van der Waals surface area contributed by atoms with Crippen LogP contribution in [0.1, 0.15) is 36.0 Å². The van der Waals surface area contributed by atoms with Crippen LogP contribution >= 0.6 is 0 Å². The molecule has 0 aliphatic carbocycles. The summed E-state index contributed by atoms with van der Waals surface area (Å²) >= 11 is 0. The van der Waals surface area contributed by atoms with E-state index in [1.807, 2.05) is 24.3 Å². The Morgan fingerprint density at radius 2 is 1.69 bits per heavy atom.